The molecule has 0 spiro atoms. The average Bonchev–Trinajstić information content (AvgIpc) is 2.98. The minimum Gasteiger partial charge on any atom is -0.385 e. The van der Waals surface area contributed by atoms with Crippen LogP contribution >= 0.6 is 0 Å². The number of rotatable bonds is 3. The molecule has 0 saturated carbocycles. The highest BCUT2D eigenvalue weighted by molar-refractivity contribution is 5.49. The van der Waals surface area contributed by atoms with Gasteiger partial charge < -0.3 is 10.2 Å². The van der Waals surface area contributed by atoms with Crippen molar-refractivity contribution in [3.8, 4) is 0 Å². The van der Waals surface area contributed by atoms with Crippen molar-refractivity contribution in [3.05, 3.63) is 140 Å². The summed E-state index contributed by atoms with van der Waals surface area (Å²) >= 11 is 0. The summed E-state index contributed by atoms with van der Waals surface area (Å²) < 4.78 is 0. The van der Waals surface area contributed by atoms with Crippen molar-refractivity contribution in [2.24, 2.45) is 0 Å². The molecule has 0 radical (unpaired) electrons. The molecule has 2 N–H and O–H groups in total. The molecular weight excluding hydrogens is 536 g/mol. The van der Waals surface area contributed by atoms with Crippen LogP contribution in [0, 0.1) is 0 Å². The van der Waals surface area contributed by atoms with E-state index in [0.29, 0.717) is 0 Å². The highest BCUT2D eigenvalue weighted by Crippen LogP contribution is 2.41. The Morgan fingerprint density at radius 2 is 0.705 bits per heavy atom. The standard InChI is InChI=1S/C42H50O2/c1-41(2,3)35-23-31-17-13-27-9-7-10-28(21-27)14-18-32(24-35)37(31)39(43)40(44)38-33-19-15-29-11-8-12-30(22-29)16-20-34(38)26-36(25-33)42(4,5)6/h7-12,21-26,39-40,43-44H,13-20H2,1-6H3/t39-,40-/m0/s1. The molecule has 4 aromatic carbocycles. The highest BCUT2D eigenvalue weighted by atomic mass is 16.3. The van der Waals surface area contributed by atoms with Crippen LogP contribution in [0.15, 0.2) is 72.8 Å². The molecule has 44 heavy (non-hydrogen) atoms. The summed E-state index contributed by atoms with van der Waals surface area (Å²) in [6.07, 6.45) is 5.07. The maximum absolute atomic E-state index is 12.4. The van der Waals surface area contributed by atoms with E-state index in [1.165, 1.54) is 55.6 Å². The molecule has 8 bridgehead atoms. The van der Waals surface area contributed by atoms with E-state index in [4.69, 9.17) is 0 Å². The van der Waals surface area contributed by atoms with Crippen LogP contribution in [0.3, 0.4) is 0 Å². The molecule has 0 heterocycles. The van der Waals surface area contributed by atoms with Crippen LogP contribution < -0.4 is 0 Å². The third-order valence-corrected chi connectivity index (χ3v) is 10.0. The fraction of sp³-hybridized carbons (Fsp3) is 0.429. The Hall–Kier alpha value is -3.20. The van der Waals surface area contributed by atoms with Gasteiger partial charge in [0, 0.05) is 0 Å². The molecular formula is C42H50O2. The van der Waals surface area contributed by atoms with Gasteiger partial charge in [-0.15, -0.1) is 0 Å². The summed E-state index contributed by atoms with van der Waals surface area (Å²) in [5, 5.41) is 24.7. The van der Waals surface area contributed by atoms with Gasteiger partial charge in [0.25, 0.3) is 0 Å². The fourth-order valence-corrected chi connectivity index (χ4v) is 7.32. The molecule has 2 aliphatic rings. The van der Waals surface area contributed by atoms with Crippen molar-refractivity contribution in [1.82, 2.24) is 0 Å². The molecule has 0 saturated heterocycles. The lowest BCUT2D eigenvalue weighted by atomic mass is 9.76. The Morgan fingerprint density at radius 3 is 0.955 bits per heavy atom. The Labute approximate surface area is 265 Å². The molecule has 2 atom stereocenters. The lowest BCUT2D eigenvalue weighted by Crippen LogP contribution is -2.22. The number of aliphatic hydroxyl groups excluding tert-OH is 2. The van der Waals surface area contributed by atoms with E-state index in [0.717, 1.165) is 62.5 Å². The Balaban J connectivity index is 1.47. The Bertz CT molecular complexity index is 1450. The molecule has 0 unspecified atom stereocenters. The normalized spacial score (nSPS) is 16.6. The van der Waals surface area contributed by atoms with Gasteiger partial charge in [-0.25, -0.2) is 0 Å². The second-order valence-corrected chi connectivity index (χ2v) is 15.4. The Kier molecular flexibility index (Phi) is 8.37. The maximum atomic E-state index is 12.4. The van der Waals surface area contributed by atoms with E-state index in [1.54, 1.807) is 0 Å². The zero-order valence-electron chi connectivity index (χ0n) is 27.6. The summed E-state index contributed by atoms with van der Waals surface area (Å²) in [5.41, 5.74) is 14.6. The summed E-state index contributed by atoms with van der Waals surface area (Å²) in [7, 11) is 0. The van der Waals surface area contributed by atoms with Crippen molar-refractivity contribution in [1.29, 1.82) is 0 Å². The molecule has 0 amide bonds. The van der Waals surface area contributed by atoms with Crippen molar-refractivity contribution in [2.45, 2.75) is 116 Å². The van der Waals surface area contributed by atoms with Crippen molar-refractivity contribution >= 4 is 0 Å². The van der Waals surface area contributed by atoms with Crippen LogP contribution in [0.25, 0.3) is 0 Å². The van der Waals surface area contributed by atoms with Gasteiger partial charge in [-0.05, 0) is 129 Å². The average molecular weight is 587 g/mol. The van der Waals surface area contributed by atoms with Gasteiger partial charge in [0.05, 0.1) is 0 Å². The van der Waals surface area contributed by atoms with Crippen LogP contribution in [-0.4, -0.2) is 10.2 Å². The first-order valence-corrected chi connectivity index (χ1v) is 16.7. The lowest BCUT2D eigenvalue weighted by Gasteiger charge is -2.32. The molecule has 2 aliphatic carbocycles. The predicted molar refractivity (Wildman–Crippen MR) is 183 cm³/mol. The van der Waals surface area contributed by atoms with Gasteiger partial charge in [-0.1, -0.05) is 114 Å². The summed E-state index contributed by atoms with van der Waals surface area (Å²) in [6, 6.07) is 27.2. The zero-order chi connectivity index (χ0) is 31.2. The Morgan fingerprint density at radius 1 is 0.432 bits per heavy atom. The van der Waals surface area contributed by atoms with Crippen LogP contribution in [0.1, 0.15) is 121 Å². The van der Waals surface area contributed by atoms with Crippen LogP contribution in [0.4, 0.5) is 0 Å². The van der Waals surface area contributed by atoms with Crippen LogP contribution in [0.2, 0.25) is 0 Å². The molecule has 0 aliphatic heterocycles. The van der Waals surface area contributed by atoms with E-state index in [1.807, 2.05) is 0 Å². The first-order chi connectivity index (χ1) is 20.9. The van der Waals surface area contributed by atoms with Gasteiger partial charge in [0.15, 0.2) is 0 Å². The number of aliphatic hydroxyl groups is 2. The first kappa shape index (κ1) is 30.8. The number of fused-ring (bicyclic) bond motifs is 8. The molecule has 2 nitrogen and oxygen atoms in total. The molecule has 4 aromatic rings. The highest BCUT2D eigenvalue weighted by Gasteiger charge is 2.32. The van der Waals surface area contributed by atoms with E-state index < -0.39 is 12.2 Å². The summed E-state index contributed by atoms with van der Waals surface area (Å²) in [5.74, 6) is 0. The van der Waals surface area contributed by atoms with E-state index in [-0.39, 0.29) is 10.8 Å². The van der Waals surface area contributed by atoms with Crippen molar-refractivity contribution < 1.29 is 10.2 Å². The van der Waals surface area contributed by atoms with Crippen molar-refractivity contribution in [2.75, 3.05) is 0 Å². The SMILES string of the molecule is CC(C)(C)c1cc2c([C@H](O)[C@@H](O)c3c4cc(C(C)(C)C)cc3CCc3cccc(c3)CC4)c(c1)CCc1cccc(c1)CC2. The smallest absolute Gasteiger partial charge is 0.110 e. The summed E-state index contributed by atoms with van der Waals surface area (Å²) in [4.78, 5) is 0. The van der Waals surface area contributed by atoms with Gasteiger partial charge >= 0.3 is 0 Å². The first-order valence-electron chi connectivity index (χ1n) is 16.7. The quantitative estimate of drug-likeness (QED) is 0.252. The van der Waals surface area contributed by atoms with Crippen molar-refractivity contribution in [3.63, 3.8) is 0 Å². The van der Waals surface area contributed by atoms with E-state index >= 15 is 0 Å². The third kappa shape index (κ3) is 6.44. The number of aryl methyl sites for hydroxylation is 8. The molecule has 6 rings (SSSR count). The predicted octanol–water partition coefficient (Wildman–Crippen LogP) is 8.82. The topological polar surface area (TPSA) is 40.5 Å². The van der Waals surface area contributed by atoms with Crippen LogP contribution in [-0.2, 0) is 62.2 Å². The van der Waals surface area contributed by atoms with Gasteiger partial charge in [-0.3, -0.25) is 0 Å². The van der Waals surface area contributed by atoms with E-state index in [2.05, 4.69) is 114 Å². The largest absolute Gasteiger partial charge is 0.385 e. The minimum absolute atomic E-state index is 0.00318. The van der Waals surface area contributed by atoms with Crippen LogP contribution in [0.5, 0.6) is 0 Å². The lowest BCUT2D eigenvalue weighted by molar-refractivity contribution is 0.0150. The number of hydrogen-bond donors (Lipinski definition) is 2. The molecule has 2 heteroatoms. The fourth-order valence-electron chi connectivity index (χ4n) is 7.32. The molecule has 0 aromatic heterocycles. The maximum Gasteiger partial charge on any atom is 0.110 e. The third-order valence-electron chi connectivity index (χ3n) is 10.0. The zero-order valence-corrected chi connectivity index (χ0v) is 27.6. The van der Waals surface area contributed by atoms with E-state index in [9.17, 15) is 10.2 Å². The minimum atomic E-state index is -0.995. The van der Waals surface area contributed by atoms with Gasteiger partial charge in [-0.2, -0.15) is 0 Å². The second kappa shape index (κ2) is 12.0. The summed E-state index contributed by atoms with van der Waals surface area (Å²) in [6.45, 7) is 13.6. The number of hydrogen-bond acceptors (Lipinski definition) is 2. The number of benzene rings is 4. The molecule has 230 valence electrons. The second-order valence-electron chi connectivity index (χ2n) is 15.4. The molecule has 0 fully saturated rings. The van der Waals surface area contributed by atoms with Gasteiger partial charge in [0.1, 0.15) is 12.2 Å². The monoisotopic (exact) mass is 586 g/mol. The van der Waals surface area contributed by atoms with Gasteiger partial charge in [0.2, 0.25) is 0 Å².